The van der Waals surface area contributed by atoms with Gasteiger partial charge in [0.15, 0.2) is 0 Å². The molecule has 82 valence electrons. The highest BCUT2D eigenvalue weighted by atomic mass is 14.8. The minimum Gasteiger partial charge on any atom is -0.254 e. The molecule has 3 rings (SSSR count). The van der Waals surface area contributed by atoms with E-state index in [1.54, 1.807) is 0 Å². The summed E-state index contributed by atoms with van der Waals surface area (Å²) in [7, 11) is 0. The van der Waals surface area contributed by atoms with Crippen LogP contribution in [0, 0.1) is 6.92 Å². The summed E-state index contributed by atoms with van der Waals surface area (Å²) in [5.41, 5.74) is 3.03. The Morgan fingerprint density at radius 3 is 2.59 bits per heavy atom. The Bertz CT molecular complexity index is 652. The summed E-state index contributed by atoms with van der Waals surface area (Å²) >= 11 is 0. The fraction of sp³-hybridized carbons (Fsp3) is 0.0667. The van der Waals surface area contributed by atoms with E-state index in [4.69, 9.17) is 0 Å². The van der Waals surface area contributed by atoms with Crippen LogP contribution < -0.4 is 0 Å². The Hall–Kier alpha value is -2.22. The van der Waals surface area contributed by atoms with Gasteiger partial charge in [0.1, 0.15) is 0 Å². The Morgan fingerprint density at radius 2 is 1.76 bits per heavy atom. The Labute approximate surface area is 100.0 Å². The fourth-order valence-corrected chi connectivity index (χ4v) is 1.93. The summed E-state index contributed by atoms with van der Waals surface area (Å²) in [6, 6.07) is 14.3. The van der Waals surface area contributed by atoms with Crippen LogP contribution in [0.2, 0.25) is 0 Å². The van der Waals surface area contributed by atoms with E-state index >= 15 is 0 Å². The third-order valence-corrected chi connectivity index (χ3v) is 2.83. The highest BCUT2D eigenvalue weighted by Gasteiger charge is 2.05. The molecule has 0 unspecified atom stereocenters. The Balaban J connectivity index is 2.27. The van der Waals surface area contributed by atoms with E-state index < -0.39 is 0 Å². The SMILES string of the molecule is Cc1ccc(-c2nccc3ccccc23)nc1. The lowest BCUT2D eigenvalue weighted by atomic mass is 10.1. The van der Waals surface area contributed by atoms with Crippen LogP contribution >= 0.6 is 0 Å². The van der Waals surface area contributed by atoms with E-state index in [2.05, 4.69) is 28.2 Å². The quantitative estimate of drug-likeness (QED) is 0.626. The van der Waals surface area contributed by atoms with Gasteiger partial charge in [0.05, 0.1) is 11.4 Å². The third kappa shape index (κ3) is 1.78. The second-order valence-corrected chi connectivity index (χ2v) is 4.10. The molecule has 3 aromatic rings. The van der Waals surface area contributed by atoms with Gasteiger partial charge in [-0.25, -0.2) is 0 Å². The predicted octanol–water partition coefficient (Wildman–Crippen LogP) is 3.61. The highest BCUT2D eigenvalue weighted by Crippen LogP contribution is 2.24. The predicted molar refractivity (Wildman–Crippen MR) is 69.7 cm³/mol. The van der Waals surface area contributed by atoms with Gasteiger partial charge in [0.25, 0.3) is 0 Å². The minimum absolute atomic E-state index is 0.924. The number of aryl methyl sites for hydroxylation is 1. The van der Waals surface area contributed by atoms with Gasteiger partial charge in [0.2, 0.25) is 0 Å². The summed E-state index contributed by atoms with van der Waals surface area (Å²) in [6.45, 7) is 2.04. The molecule has 0 atom stereocenters. The van der Waals surface area contributed by atoms with Gasteiger partial charge in [-0.3, -0.25) is 9.97 Å². The first-order valence-corrected chi connectivity index (χ1v) is 5.61. The van der Waals surface area contributed by atoms with Crippen molar-refractivity contribution in [3.63, 3.8) is 0 Å². The van der Waals surface area contributed by atoms with Gasteiger partial charge in [-0.05, 0) is 30.0 Å². The molecule has 0 saturated heterocycles. The van der Waals surface area contributed by atoms with Crippen molar-refractivity contribution in [1.29, 1.82) is 0 Å². The fourth-order valence-electron chi connectivity index (χ4n) is 1.93. The van der Waals surface area contributed by atoms with Crippen molar-refractivity contribution in [2.75, 3.05) is 0 Å². The van der Waals surface area contributed by atoms with E-state index in [0.29, 0.717) is 0 Å². The van der Waals surface area contributed by atoms with E-state index in [-0.39, 0.29) is 0 Å². The molecule has 0 aliphatic carbocycles. The molecule has 0 radical (unpaired) electrons. The van der Waals surface area contributed by atoms with Crippen LogP contribution in [0.4, 0.5) is 0 Å². The Kier molecular flexibility index (Phi) is 2.33. The van der Waals surface area contributed by atoms with Crippen LogP contribution in [-0.4, -0.2) is 9.97 Å². The minimum atomic E-state index is 0.924. The van der Waals surface area contributed by atoms with Crippen molar-refractivity contribution in [2.24, 2.45) is 0 Å². The zero-order valence-electron chi connectivity index (χ0n) is 9.59. The normalized spacial score (nSPS) is 10.6. The van der Waals surface area contributed by atoms with Crippen molar-refractivity contribution in [2.45, 2.75) is 6.92 Å². The van der Waals surface area contributed by atoms with E-state index in [0.717, 1.165) is 22.3 Å². The van der Waals surface area contributed by atoms with Crippen LogP contribution in [0.15, 0.2) is 54.9 Å². The Morgan fingerprint density at radius 1 is 0.882 bits per heavy atom. The largest absolute Gasteiger partial charge is 0.254 e. The van der Waals surface area contributed by atoms with Crippen molar-refractivity contribution >= 4 is 10.8 Å². The summed E-state index contributed by atoms with van der Waals surface area (Å²) in [4.78, 5) is 8.88. The molecule has 0 saturated carbocycles. The molecule has 0 bridgehead atoms. The second-order valence-electron chi connectivity index (χ2n) is 4.10. The van der Waals surface area contributed by atoms with Gasteiger partial charge in [-0.15, -0.1) is 0 Å². The zero-order chi connectivity index (χ0) is 11.7. The topological polar surface area (TPSA) is 25.8 Å². The van der Waals surface area contributed by atoms with Crippen molar-refractivity contribution in [1.82, 2.24) is 9.97 Å². The number of benzene rings is 1. The molecule has 0 aliphatic rings. The first kappa shape index (κ1) is 9.97. The standard InChI is InChI=1S/C15H12N2/c1-11-6-7-14(17-10-11)15-13-5-3-2-4-12(13)8-9-16-15/h2-10H,1H3. The van der Waals surface area contributed by atoms with Crippen molar-refractivity contribution in [3.8, 4) is 11.4 Å². The zero-order valence-corrected chi connectivity index (χ0v) is 9.59. The lowest BCUT2D eigenvalue weighted by Gasteiger charge is -2.04. The molecule has 0 amide bonds. The van der Waals surface area contributed by atoms with Crippen molar-refractivity contribution < 1.29 is 0 Å². The molecule has 0 N–H and O–H groups in total. The third-order valence-electron chi connectivity index (χ3n) is 2.83. The molecular formula is C15H12N2. The van der Waals surface area contributed by atoms with E-state index in [1.807, 2.05) is 43.6 Å². The first-order valence-electron chi connectivity index (χ1n) is 5.61. The number of fused-ring (bicyclic) bond motifs is 1. The average molecular weight is 220 g/mol. The molecule has 0 fully saturated rings. The van der Waals surface area contributed by atoms with Crippen LogP contribution in [-0.2, 0) is 0 Å². The van der Waals surface area contributed by atoms with Gasteiger partial charge >= 0.3 is 0 Å². The summed E-state index contributed by atoms with van der Waals surface area (Å²) in [5, 5.41) is 2.34. The molecule has 1 aromatic carbocycles. The maximum Gasteiger partial charge on any atom is 0.0964 e. The maximum absolute atomic E-state index is 4.44. The maximum atomic E-state index is 4.44. The summed E-state index contributed by atoms with van der Waals surface area (Å²) in [6.07, 6.45) is 3.71. The van der Waals surface area contributed by atoms with E-state index in [1.165, 1.54) is 5.39 Å². The number of rotatable bonds is 1. The highest BCUT2D eigenvalue weighted by molar-refractivity contribution is 5.93. The molecule has 17 heavy (non-hydrogen) atoms. The van der Waals surface area contributed by atoms with Crippen LogP contribution in [0.5, 0.6) is 0 Å². The van der Waals surface area contributed by atoms with Crippen LogP contribution in [0.25, 0.3) is 22.2 Å². The molecule has 0 spiro atoms. The van der Waals surface area contributed by atoms with E-state index in [9.17, 15) is 0 Å². The van der Waals surface area contributed by atoms with Gasteiger partial charge < -0.3 is 0 Å². The molecule has 2 heterocycles. The number of aromatic nitrogens is 2. The van der Waals surface area contributed by atoms with Crippen molar-refractivity contribution in [3.05, 3.63) is 60.4 Å². The monoisotopic (exact) mass is 220 g/mol. The second kappa shape index (κ2) is 3.98. The van der Waals surface area contributed by atoms with Gasteiger partial charge in [-0.1, -0.05) is 30.3 Å². The lowest BCUT2D eigenvalue weighted by molar-refractivity contribution is 1.23. The molecule has 2 heteroatoms. The molecule has 0 aliphatic heterocycles. The van der Waals surface area contributed by atoms with Gasteiger partial charge in [0, 0.05) is 17.8 Å². The molecular weight excluding hydrogens is 208 g/mol. The number of nitrogens with zero attached hydrogens (tertiary/aromatic N) is 2. The van der Waals surface area contributed by atoms with Crippen LogP contribution in [0.3, 0.4) is 0 Å². The lowest BCUT2D eigenvalue weighted by Crippen LogP contribution is -1.89. The van der Waals surface area contributed by atoms with Gasteiger partial charge in [-0.2, -0.15) is 0 Å². The first-order chi connectivity index (χ1) is 8.34. The summed E-state index contributed by atoms with van der Waals surface area (Å²) in [5.74, 6) is 0. The number of hydrogen-bond donors (Lipinski definition) is 0. The molecule has 2 aromatic heterocycles. The average Bonchev–Trinajstić information content (AvgIpc) is 2.39. The number of hydrogen-bond acceptors (Lipinski definition) is 2. The van der Waals surface area contributed by atoms with Crippen LogP contribution in [0.1, 0.15) is 5.56 Å². The summed E-state index contributed by atoms with van der Waals surface area (Å²) < 4.78 is 0. The molecule has 2 nitrogen and oxygen atoms in total. The number of pyridine rings is 2. The smallest absolute Gasteiger partial charge is 0.0964 e.